The minimum Gasteiger partial charge on any atom is -0.446 e. The Morgan fingerprint density at radius 2 is 1.96 bits per heavy atom. The average Bonchev–Trinajstić information content (AvgIpc) is 2.84. The van der Waals surface area contributed by atoms with E-state index in [0.29, 0.717) is 11.8 Å². The number of fused-ring (bicyclic) bond motifs is 1. The van der Waals surface area contributed by atoms with Crippen LogP contribution in [0.2, 0.25) is 0 Å². The first-order chi connectivity index (χ1) is 11.2. The van der Waals surface area contributed by atoms with Gasteiger partial charge in [0.2, 0.25) is 0 Å². The molecule has 2 saturated carbocycles. The lowest BCUT2D eigenvalue weighted by Crippen LogP contribution is -2.51. The molecule has 0 aromatic rings. The summed E-state index contributed by atoms with van der Waals surface area (Å²) in [6.45, 7) is 10.9. The van der Waals surface area contributed by atoms with Crippen molar-refractivity contribution >= 4 is 5.97 Å². The summed E-state index contributed by atoms with van der Waals surface area (Å²) in [4.78, 5) is 11.7. The van der Waals surface area contributed by atoms with Crippen molar-refractivity contribution in [3.8, 4) is 12.3 Å². The molecule has 3 unspecified atom stereocenters. The maximum atomic E-state index is 11.7. The van der Waals surface area contributed by atoms with Gasteiger partial charge < -0.3 is 4.74 Å². The van der Waals surface area contributed by atoms with E-state index in [2.05, 4.69) is 33.6 Å². The van der Waals surface area contributed by atoms with E-state index in [1.807, 2.05) is 0 Å². The van der Waals surface area contributed by atoms with E-state index >= 15 is 0 Å². The van der Waals surface area contributed by atoms with E-state index in [-0.39, 0.29) is 11.4 Å². The van der Waals surface area contributed by atoms with Gasteiger partial charge in [-0.2, -0.15) is 0 Å². The highest BCUT2D eigenvalue weighted by atomic mass is 16.6. The second-order valence-electron chi connectivity index (χ2n) is 9.03. The normalized spacial score (nSPS) is 36.9. The Morgan fingerprint density at radius 1 is 1.25 bits per heavy atom. The predicted molar refractivity (Wildman–Crippen MR) is 99.4 cm³/mol. The molecule has 0 heterocycles. The Morgan fingerprint density at radius 3 is 2.54 bits per heavy atom. The molecule has 0 radical (unpaired) electrons. The van der Waals surface area contributed by atoms with E-state index in [0.717, 1.165) is 31.1 Å². The van der Waals surface area contributed by atoms with Crippen LogP contribution in [-0.2, 0) is 9.53 Å². The molecule has 0 amide bonds. The lowest BCUT2D eigenvalue weighted by atomic mass is 9.57. The van der Waals surface area contributed by atoms with Gasteiger partial charge in [0.15, 0.2) is 5.60 Å². The maximum Gasteiger partial charge on any atom is 0.304 e. The largest absolute Gasteiger partial charge is 0.446 e. The molecule has 2 nitrogen and oxygen atoms in total. The third-order valence-corrected chi connectivity index (χ3v) is 6.93. The molecule has 2 rings (SSSR count). The van der Waals surface area contributed by atoms with E-state index in [4.69, 9.17) is 11.2 Å². The van der Waals surface area contributed by atoms with Crippen molar-refractivity contribution in [1.29, 1.82) is 0 Å². The lowest BCUT2D eigenvalue weighted by molar-refractivity contribution is -0.166. The van der Waals surface area contributed by atoms with Crippen molar-refractivity contribution < 1.29 is 9.53 Å². The topological polar surface area (TPSA) is 26.3 Å². The third-order valence-electron chi connectivity index (χ3n) is 6.93. The van der Waals surface area contributed by atoms with Crippen molar-refractivity contribution in [3.05, 3.63) is 0 Å². The summed E-state index contributed by atoms with van der Waals surface area (Å²) >= 11 is 0. The molecule has 0 aliphatic heterocycles. The van der Waals surface area contributed by atoms with Gasteiger partial charge in [-0.25, -0.2) is 0 Å². The van der Waals surface area contributed by atoms with E-state index < -0.39 is 5.60 Å². The summed E-state index contributed by atoms with van der Waals surface area (Å²) in [6, 6.07) is 0. The van der Waals surface area contributed by atoms with Crippen molar-refractivity contribution in [2.75, 3.05) is 0 Å². The molecule has 2 heteroatoms. The Balaban J connectivity index is 2.14. The molecule has 2 aliphatic carbocycles. The van der Waals surface area contributed by atoms with Crippen LogP contribution in [-0.4, -0.2) is 11.6 Å². The van der Waals surface area contributed by atoms with E-state index in [1.54, 1.807) is 0 Å². The van der Waals surface area contributed by atoms with Gasteiger partial charge in [0.25, 0.3) is 0 Å². The molecule has 136 valence electrons. The van der Waals surface area contributed by atoms with Gasteiger partial charge in [0.1, 0.15) is 0 Å². The van der Waals surface area contributed by atoms with Gasteiger partial charge >= 0.3 is 5.97 Å². The average molecular weight is 333 g/mol. The number of hydrogen-bond acceptors (Lipinski definition) is 2. The monoisotopic (exact) mass is 332 g/mol. The number of terminal acetylenes is 1. The number of carbonyl (C=O) groups excluding carboxylic acids is 1. The zero-order valence-electron chi connectivity index (χ0n) is 16.4. The smallest absolute Gasteiger partial charge is 0.304 e. The minimum atomic E-state index is -0.661. The van der Waals surface area contributed by atoms with Crippen molar-refractivity contribution in [1.82, 2.24) is 0 Å². The van der Waals surface area contributed by atoms with Crippen LogP contribution in [0, 0.1) is 41.4 Å². The molecule has 2 aliphatic rings. The summed E-state index contributed by atoms with van der Waals surface area (Å²) < 4.78 is 5.77. The SMILES string of the molecule is C#C[C@]1(OC(C)=O)CCCC2(C)C(C(C)CCCC(C)C)CC[C@H]21. The molecular formula is C22H36O2. The Bertz CT molecular complexity index is 489. The molecule has 5 atom stereocenters. The highest BCUT2D eigenvalue weighted by Crippen LogP contribution is 2.61. The Kier molecular flexibility index (Phi) is 6.05. The van der Waals surface area contributed by atoms with Gasteiger partial charge in [0, 0.05) is 12.8 Å². The van der Waals surface area contributed by atoms with Gasteiger partial charge in [-0.3, -0.25) is 4.79 Å². The summed E-state index contributed by atoms with van der Waals surface area (Å²) in [5.41, 5.74) is -0.442. The number of ether oxygens (including phenoxy) is 1. The predicted octanol–water partition coefficient (Wildman–Crippen LogP) is 5.60. The van der Waals surface area contributed by atoms with Crippen LogP contribution in [0.5, 0.6) is 0 Å². The van der Waals surface area contributed by atoms with Crippen LogP contribution < -0.4 is 0 Å². The summed E-state index contributed by atoms with van der Waals surface area (Å²) in [5, 5.41) is 0. The minimum absolute atomic E-state index is 0.220. The molecule has 0 N–H and O–H groups in total. The third kappa shape index (κ3) is 3.66. The second kappa shape index (κ2) is 7.51. The molecule has 2 fully saturated rings. The van der Waals surface area contributed by atoms with Crippen LogP contribution >= 0.6 is 0 Å². The first-order valence-electron chi connectivity index (χ1n) is 9.92. The fraction of sp³-hybridized carbons (Fsp3) is 0.864. The molecular weight excluding hydrogens is 296 g/mol. The zero-order chi connectivity index (χ0) is 18.0. The van der Waals surface area contributed by atoms with Gasteiger partial charge in [-0.05, 0) is 55.3 Å². The van der Waals surface area contributed by atoms with Crippen LogP contribution in [0.4, 0.5) is 0 Å². The van der Waals surface area contributed by atoms with Crippen LogP contribution in [0.15, 0.2) is 0 Å². The summed E-state index contributed by atoms with van der Waals surface area (Å²) in [5.74, 6) is 5.24. The van der Waals surface area contributed by atoms with Gasteiger partial charge in [0.05, 0.1) is 0 Å². The van der Waals surface area contributed by atoms with Gasteiger partial charge in [-0.1, -0.05) is 52.9 Å². The van der Waals surface area contributed by atoms with Crippen LogP contribution in [0.25, 0.3) is 0 Å². The van der Waals surface area contributed by atoms with Crippen LogP contribution in [0.1, 0.15) is 86.0 Å². The first kappa shape index (κ1) is 19.4. The fourth-order valence-electron chi connectivity index (χ4n) is 5.86. The van der Waals surface area contributed by atoms with Crippen molar-refractivity contribution in [2.24, 2.45) is 29.1 Å². The highest BCUT2D eigenvalue weighted by molar-refractivity contribution is 5.67. The van der Waals surface area contributed by atoms with Gasteiger partial charge in [-0.15, -0.1) is 6.42 Å². The molecule has 0 saturated heterocycles. The molecule has 0 bridgehead atoms. The summed E-state index contributed by atoms with van der Waals surface area (Å²) in [7, 11) is 0. The molecule has 0 spiro atoms. The summed E-state index contributed by atoms with van der Waals surface area (Å²) in [6.07, 6.45) is 15.3. The van der Waals surface area contributed by atoms with E-state index in [1.165, 1.54) is 39.0 Å². The number of esters is 1. The van der Waals surface area contributed by atoms with Crippen molar-refractivity contribution in [2.45, 2.75) is 91.6 Å². The highest BCUT2D eigenvalue weighted by Gasteiger charge is 2.59. The first-order valence-corrected chi connectivity index (χ1v) is 9.92. The quantitative estimate of drug-likeness (QED) is 0.467. The fourth-order valence-corrected chi connectivity index (χ4v) is 5.86. The maximum absolute atomic E-state index is 11.7. The molecule has 0 aromatic heterocycles. The Hall–Kier alpha value is -0.970. The lowest BCUT2D eigenvalue weighted by Gasteiger charge is -2.50. The number of hydrogen-bond donors (Lipinski definition) is 0. The second-order valence-corrected chi connectivity index (χ2v) is 9.03. The Labute approximate surface area is 149 Å². The molecule has 24 heavy (non-hydrogen) atoms. The standard InChI is InChI=1S/C22H36O2/c1-7-22(24-18(5)23)15-9-14-21(6)19(12-13-20(21)22)17(4)11-8-10-16(2)3/h1,16-17,19-20H,8-15H2,2-6H3/t17?,19?,20-,21?,22+/m1/s1. The number of carbonyl (C=O) groups is 1. The van der Waals surface area contributed by atoms with Crippen LogP contribution in [0.3, 0.4) is 0 Å². The van der Waals surface area contributed by atoms with Crippen molar-refractivity contribution in [3.63, 3.8) is 0 Å². The van der Waals surface area contributed by atoms with E-state index in [9.17, 15) is 4.79 Å². The molecule has 0 aromatic carbocycles. The zero-order valence-corrected chi connectivity index (χ0v) is 16.4. The number of rotatable bonds is 6.